The van der Waals surface area contributed by atoms with Gasteiger partial charge in [0.15, 0.2) is 0 Å². The Bertz CT molecular complexity index is 580. The van der Waals surface area contributed by atoms with E-state index >= 15 is 0 Å². The molecule has 3 rings (SSSR count). The van der Waals surface area contributed by atoms with Crippen LogP contribution in [0, 0.1) is 0 Å². The van der Waals surface area contributed by atoms with Gasteiger partial charge in [0.25, 0.3) is 5.91 Å². The van der Waals surface area contributed by atoms with Crippen LogP contribution < -0.4 is 5.32 Å². The Kier molecular flexibility index (Phi) is 3.01. The summed E-state index contributed by atoms with van der Waals surface area (Å²) in [7, 11) is 0. The summed E-state index contributed by atoms with van der Waals surface area (Å²) in [5.74, 6) is 0.124. The van der Waals surface area contributed by atoms with Gasteiger partial charge in [-0.1, -0.05) is 0 Å². The maximum atomic E-state index is 12.5. The number of aromatic nitrogens is 1. The van der Waals surface area contributed by atoms with Crippen molar-refractivity contribution in [2.75, 3.05) is 19.6 Å². The van der Waals surface area contributed by atoms with Crippen LogP contribution in [0.1, 0.15) is 17.3 Å². The van der Waals surface area contributed by atoms with Gasteiger partial charge in [-0.05, 0) is 25.1 Å². The normalized spacial score (nSPS) is 20.3. The third kappa shape index (κ3) is 2.00. The lowest BCUT2D eigenvalue weighted by molar-refractivity contribution is 0.0656. The molecule has 0 aliphatic carbocycles. The molecule has 0 saturated carbocycles. The van der Waals surface area contributed by atoms with E-state index in [0.717, 1.165) is 35.4 Å². The average Bonchev–Trinajstić information content (AvgIpc) is 2.85. The van der Waals surface area contributed by atoms with E-state index in [1.54, 1.807) is 11.3 Å². The van der Waals surface area contributed by atoms with Gasteiger partial charge in [-0.3, -0.25) is 4.79 Å². The summed E-state index contributed by atoms with van der Waals surface area (Å²) in [6, 6.07) is 6.00. The molecule has 1 aromatic carbocycles. The molecule has 1 saturated heterocycles. The Morgan fingerprint density at radius 3 is 3.28 bits per heavy atom. The molecule has 1 amide bonds. The Morgan fingerprint density at radius 1 is 1.56 bits per heavy atom. The summed E-state index contributed by atoms with van der Waals surface area (Å²) in [4.78, 5) is 18.6. The minimum Gasteiger partial charge on any atom is -0.333 e. The van der Waals surface area contributed by atoms with E-state index in [0.29, 0.717) is 0 Å². The molecule has 1 aliphatic heterocycles. The van der Waals surface area contributed by atoms with Gasteiger partial charge in [0, 0.05) is 31.2 Å². The summed E-state index contributed by atoms with van der Waals surface area (Å²) in [6.45, 7) is 4.60. The number of carbonyl (C=O) groups is 1. The van der Waals surface area contributed by atoms with Gasteiger partial charge in [-0.15, -0.1) is 11.3 Å². The van der Waals surface area contributed by atoms with Crippen molar-refractivity contribution in [2.45, 2.75) is 13.0 Å². The first-order chi connectivity index (χ1) is 8.75. The monoisotopic (exact) mass is 261 g/mol. The number of rotatable bonds is 1. The highest BCUT2D eigenvalue weighted by Gasteiger charge is 2.24. The molecule has 1 fully saturated rings. The fourth-order valence-electron chi connectivity index (χ4n) is 2.30. The molecule has 0 radical (unpaired) electrons. The maximum absolute atomic E-state index is 12.5. The van der Waals surface area contributed by atoms with Crippen LogP contribution in [-0.2, 0) is 0 Å². The molecule has 1 N–H and O–H groups in total. The van der Waals surface area contributed by atoms with E-state index in [4.69, 9.17) is 0 Å². The molecule has 1 atom stereocenters. The number of fused-ring (bicyclic) bond motifs is 1. The van der Waals surface area contributed by atoms with Crippen LogP contribution in [0.2, 0.25) is 0 Å². The zero-order valence-corrected chi connectivity index (χ0v) is 11.0. The summed E-state index contributed by atoms with van der Waals surface area (Å²) in [6.07, 6.45) is 0. The Balaban J connectivity index is 1.90. The zero-order valence-electron chi connectivity index (χ0n) is 10.2. The largest absolute Gasteiger partial charge is 0.333 e. The zero-order chi connectivity index (χ0) is 12.5. The predicted octanol–water partition coefficient (Wildman–Crippen LogP) is 1.73. The lowest BCUT2D eigenvalue weighted by Crippen LogP contribution is -2.52. The Labute approximate surface area is 110 Å². The standard InChI is InChI=1S/C13H15N3OS/c1-9-7-14-4-5-16(9)13(17)10-2-3-11-12(6-10)18-8-15-11/h2-3,6,8-9,14H,4-5,7H2,1H3/t9-/m0/s1. The van der Waals surface area contributed by atoms with E-state index in [-0.39, 0.29) is 11.9 Å². The number of hydrogen-bond donors (Lipinski definition) is 1. The molecular weight excluding hydrogens is 246 g/mol. The number of benzene rings is 1. The molecule has 94 valence electrons. The highest BCUT2D eigenvalue weighted by atomic mass is 32.1. The summed E-state index contributed by atoms with van der Waals surface area (Å²) >= 11 is 1.57. The van der Waals surface area contributed by atoms with E-state index < -0.39 is 0 Å². The first-order valence-electron chi connectivity index (χ1n) is 6.10. The van der Waals surface area contributed by atoms with Crippen LogP contribution in [0.15, 0.2) is 23.7 Å². The smallest absolute Gasteiger partial charge is 0.254 e. The molecule has 4 nitrogen and oxygen atoms in total. The SMILES string of the molecule is C[C@H]1CNCCN1C(=O)c1ccc2ncsc2c1. The number of nitrogens with zero attached hydrogens (tertiary/aromatic N) is 2. The second-order valence-corrected chi connectivity index (χ2v) is 5.47. The lowest BCUT2D eigenvalue weighted by Gasteiger charge is -2.34. The number of hydrogen-bond acceptors (Lipinski definition) is 4. The van der Waals surface area contributed by atoms with E-state index in [1.165, 1.54) is 0 Å². The van der Waals surface area contributed by atoms with Crippen LogP contribution in [0.4, 0.5) is 0 Å². The fourth-order valence-corrected chi connectivity index (χ4v) is 3.01. The third-order valence-electron chi connectivity index (χ3n) is 3.34. The Morgan fingerprint density at radius 2 is 2.44 bits per heavy atom. The molecule has 2 aromatic rings. The van der Waals surface area contributed by atoms with Crippen molar-refractivity contribution in [1.82, 2.24) is 15.2 Å². The number of nitrogens with one attached hydrogen (secondary N) is 1. The number of thiazole rings is 1. The van der Waals surface area contributed by atoms with Crippen LogP contribution in [0.5, 0.6) is 0 Å². The molecule has 2 heterocycles. The highest BCUT2D eigenvalue weighted by Crippen LogP contribution is 2.20. The second kappa shape index (κ2) is 4.66. The van der Waals surface area contributed by atoms with Crippen molar-refractivity contribution < 1.29 is 4.79 Å². The fraction of sp³-hybridized carbons (Fsp3) is 0.385. The van der Waals surface area contributed by atoms with Crippen LogP contribution >= 0.6 is 11.3 Å². The van der Waals surface area contributed by atoms with Crippen molar-refractivity contribution in [1.29, 1.82) is 0 Å². The highest BCUT2D eigenvalue weighted by molar-refractivity contribution is 7.16. The van der Waals surface area contributed by atoms with Crippen molar-refractivity contribution in [3.63, 3.8) is 0 Å². The van der Waals surface area contributed by atoms with Gasteiger partial charge in [0.1, 0.15) is 0 Å². The predicted molar refractivity (Wildman–Crippen MR) is 73.0 cm³/mol. The quantitative estimate of drug-likeness (QED) is 0.850. The molecular formula is C13H15N3OS. The first kappa shape index (κ1) is 11.6. The van der Waals surface area contributed by atoms with Gasteiger partial charge in [-0.2, -0.15) is 0 Å². The van der Waals surface area contributed by atoms with E-state index in [1.807, 2.05) is 28.6 Å². The maximum Gasteiger partial charge on any atom is 0.254 e. The molecule has 5 heteroatoms. The van der Waals surface area contributed by atoms with Crippen LogP contribution in [0.3, 0.4) is 0 Å². The van der Waals surface area contributed by atoms with Gasteiger partial charge >= 0.3 is 0 Å². The third-order valence-corrected chi connectivity index (χ3v) is 4.13. The van der Waals surface area contributed by atoms with E-state index in [2.05, 4.69) is 17.2 Å². The number of amides is 1. The summed E-state index contributed by atoms with van der Waals surface area (Å²) in [5.41, 5.74) is 3.54. The molecule has 1 aromatic heterocycles. The van der Waals surface area contributed by atoms with E-state index in [9.17, 15) is 4.79 Å². The minimum atomic E-state index is 0.124. The molecule has 0 spiro atoms. The van der Waals surface area contributed by atoms with Crippen molar-refractivity contribution >= 4 is 27.5 Å². The number of carbonyl (C=O) groups excluding carboxylic acids is 1. The summed E-state index contributed by atoms with van der Waals surface area (Å²) in [5, 5.41) is 3.29. The van der Waals surface area contributed by atoms with Crippen LogP contribution in [-0.4, -0.2) is 41.5 Å². The van der Waals surface area contributed by atoms with Crippen molar-refractivity contribution in [2.24, 2.45) is 0 Å². The molecule has 1 aliphatic rings. The van der Waals surface area contributed by atoms with Gasteiger partial charge in [0.05, 0.1) is 15.7 Å². The average molecular weight is 261 g/mol. The second-order valence-electron chi connectivity index (χ2n) is 4.59. The lowest BCUT2D eigenvalue weighted by atomic mass is 10.1. The van der Waals surface area contributed by atoms with Crippen molar-refractivity contribution in [3.05, 3.63) is 29.3 Å². The van der Waals surface area contributed by atoms with Crippen molar-refractivity contribution in [3.8, 4) is 0 Å². The van der Waals surface area contributed by atoms with Crippen LogP contribution in [0.25, 0.3) is 10.2 Å². The van der Waals surface area contributed by atoms with Gasteiger partial charge < -0.3 is 10.2 Å². The topological polar surface area (TPSA) is 45.2 Å². The van der Waals surface area contributed by atoms with Gasteiger partial charge in [-0.25, -0.2) is 4.98 Å². The molecule has 0 unspecified atom stereocenters. The summed E-state index contributed by atoms with van der Waals surface area (Å²) < 4.78 is 1.07. The Hall–Kier alpha value is -1.46. The number of piperazine rings is 1. The first-order valence-corrected chi connectivity index (χ1v) is 6.98. The molecule has 18 heavy (non-hydrogen) atoms. The molecule has 0 bridgehead atoms. The minimum absolute atomic E-state index is 0.124. The van der Waals surface area contributed by atoms with Gasteiger partial charge in [0.2, 0.25) is 0 Å².